The van der Waals surface area contributed by atoms with Gasteiger partial charge in [-0.15, -0.1) is 0 Å². The first-order chi connectivity index (χ1) is 51.6. The van der Waals surface area contributed by atoms with E-state index in [4.69, 9.17) is 0 Å². The van der Waals surface area contributed by atoms with Gasteiger partial charge >= 0.3 is 0 Å². The molecular formula is C99H161BN4. The van der Waals surface area contributed by atoms with E-state index in [9.17, 15) is 0 Å². The van der Waals surface area contributed by atoms with Crippen LogP contribution in [0.4, 0.5) is 0 Å². The predicted molar refractivity (Wildman–Crippen MR) is 433 cm³/mol. The molecule has 0 amide bonds. The molecule has 22 aliphatic rings. The van der Waals surface area contributed by atoms with Crippen molar-refractivity contribution in [1.29, 1.82) is 0 Å². The van der Waals surface area contributed by atoms with E-state index in [2.05, 4.69) is 19.6 Å². The molecule has 4 heterocycles. The van der Waals surface area contributed by atoms with Crippen LogP contribution in [0.5, 0.6) is 0 Å². The van der Waals surface area contributed by atoms with Crippen LogP contribution in [-0.4, -0.2) is 99.3 Å². The van der Waals surface area contributed by atoms with Gasteiger partial charge in [-0.2, -0.15) is 0 Å². The van der Waals surface area contributed by atoms with E-state index in [-0.39, 0.29) is 0 Å². The Hall–Kier alpha value is -0.0951. The largest absolute Gasteiger partial charge is 0.297 e. The van der Waals surface area contributed by atoms with Crippen LogP contribution in [0.1, 0.15) is 392 Å². The fourth-order valence-electron chi connectivity index (χ4n) is 39.9. The van der Waals surface area contributed by atoms with Gasteiger partial charge in [0.1, 0.15) is 0 Å². The lowest BCUT2D eigenvalue weighted by molar-refractivity contribution is -0.159. The number of hydrogen-bond acceptors (Lipinski definition) is 4. The monoisotopic (exact) mass is 1420 g/mol. The van der Waals surface area contributed by atoms with E-state index in [1.165, 1.54) is 19.4 Å². The lowest BCUT2D eigenvalue weighted by Crippen LogP contribution is -2.77. The molecule has 4 aliphatic heterocycles. The molecule has 33 atom stereocenters. The van der Waals surface area contributed by atoms with Crippen LogP contribution in [0.3, 0.4) is 0 Å². The van der Waals surface area contributed by atoms with Crippen molar-refractivity contribution in [3.05, 3.63) is 0 Å². The summed E-state index contributed by atoms with van der Waals surface area (Å²) in [5.74, 6) is 26.9. The molecule has 0 bridgehead atoms. The first-order valence-corrected chi connectivity index (χ1v) is 50.7. The molecule has 22 rings (SSSR count). The molecule has 0 aromatic rings. The summed E-state index contributed by atoms with van der Waals surface area (Å²) in [6.07, 6.45) is 97.3. The molecular weight excluding hydrogens is 1260 g/mol. The summed E-state index contributed by atoms with van der Waals surface area (Å²) in [5, 5.41) is 0. The third-order valence-electron chi connectivity index (χ3n) is 42.5. The molecule has 0 N–H and O–H groups in total. The summed E-state index contributed by atoms with van der Waals surface area (Å²) in [4.78, 5) is 15.2. The van der Waals surface area contributed by atoms with Gasteiger partial charge in [-0.3, -0.25) is 19.6 Å². The van der Waals surface area contributed by atoms with Gasteiger partial charge in [0.15, 0.2) is 6.71 Å². The highest BCUT2D eigenvalue weighted by Crippen LogP contribution is 2.71. The number of hydrogen-bond donors (Lipinski definition) is 0. The van der Waals surface area contributed by atoms with Crippen molar-refractivity contribution in [1.82, 2.24) is 19.6 Å². The minimum Gasteiger partial charge on any atom is -0.297 e. The van der Waals surface area contributed by atoms with Crippen molar-refractivity contribution < 1.29 is 0 Å². The van der Waals surface area contributed by atoms with E-state index >= 15 is 0 Å². The number of nitrogens with zero attached hydrogens (tertiary/aromatic N) is 4. The SMILES string of the molecule is C1CCC(C2CCC[C@H](C3CCCCC3)C2N2C3CCC([C@H]4CCC5C6C4CCCC6[C@@H]4CCCC6CCCC5[C@@H]64)CC3B3[C@H]4C2CC(CN2C5CCCC[C@@H]5C5CCCC[C@@H]52)CC4N(C2[C@@H](C4CCCCC4)CCC[C@H]2C2CCCCC2)C2C[C@@H](N4C5CCCC[C@H]5C5CCCC[C@H]54)CC[C@@H]32)CC1. The van der Waals surface area contributed by atoms with Gasteiger partial charge in [0, 0.05) is 73.0 Å². The fraction of sp³-hybridized carbons (Fsp3) is 1.00. The molecule has 0 aromatic carbocycles. The Balaban J connectivity index is 0.716. The van der Waals surface area contributed by atoms with Gasteiger partial charge in [-0.25, -0.2) is 0 Å². The molecule has 20 unspecified atom stereocenters. The lowest BCUT2D eigenvalue weighted by Gasteiger charge is -2.72. The summed E-state index contributed by atoms with van der Waals surface area (Å²) in [7, 11) is 0. The maximum absolute atomic E-state index is 4.04. The minimum absolute atomic E-state index is 0.840. The first kappa shape index (κ1) is 70.5. The Morgan fingerprint density at radius 1 is 0.202 bits per heavy atom. The van der Waals surface area contributed by atoms with Crippen LogP contribution in [0.2, 0.25) is 17.5 Å². The zero-order valence-electron chi connectivity index (χ0n) is 67.6. The summed E-state index contributed by atoms with van der Waals surface area (Å²) in [6, 6.07) is 9.77. The second-order valence-electron chi connectivity index (χ2n) is 45.6. The Labute approximate surface area is 640 Å². The maximum atomic E-state index is 4.04. The molecule has 0 aromatic heterocycles. The molecule has 22 fully saturated rings. The molecule has 104 heavy (non-hydrogen) atoms. The third kappa shape index (κ3) is 12.1. The molecule has 4 saturated heterocycles. The van der Waals surface area contributed by atoms with Crippen molar-refractivity contribution in [2.75, 3.05) is 6.54 Å². The van der Waals surface area contributed by atoms with Gasteiger partial charge in [-0.05, 0) is 308 Å². The second kappa shape index (κ2) is 30.3. The van der Waals surface area contributed by atoms with Gasteiger partial charge in [-0.1, -0.05) is 238 Å². The topological polar surface area (TPSA) is 13.0 Å². The van der Waals surface area contributed by atoms with Crippen molar-refractivity contribution in [3.8, 4) is 0 Å². The Morgan fingerprint density at radius 3 is 1.08 bits per heavy atom. The maximum Gasteiger partial charge on any atom is 0.156 e. The molecule has 4 nitrogen and oxygen atoms in total. The minimum atomic E-state index is 0.840. The van der Waals surface area contributed by atoms with E-state index in [1.807, 2.05) is 0 Å². The molecule has 18 saturated carbocycles. The summed E-state index contributed by atoms with van der Waals surface area (Å²) < 4.78 is 0. The van der Waals surface area contributed by atoms with Crippen molar-refractivity contribution >= 4 is 6.71 Å². The lowest BCUT2D eigenvalue weighted by atomic mass is 9.18. The highest BCUT2D eigenvalue weighted by atomic mass is 15.3. The summed E-state index contributed by atoms with van der Waals surface area (Å²) >= 11 is 0. The Morgan fingerprint density at radius 2 is 0.577 bits per heavy atom. The van der Waals surface area contributed by atoms with E-state index in [0.29, 0.717) is 0 Å². The van der Waals surface area contributed by atoms with Crippen LogP contribution < -0.4 is 0 Å². The quantitative estimate of drug-likeness (QED) is 0.202. The van der Waals surface area contributed by atoms with E-state index in [0.717, 1.165) is 227 Å². The Bertz CT molecular complexity index is 2730. The average Bonchev–Trinajstić information content (AvgIpc) is 0.743. The standard InChI is InChI=1S/C99H161BN4/c1-5-26-64(27-6-1)72-40-23-41-73(65-28-7-2-8-29-65)98(72)103-91-57-52-69(71-54-55-84-82-45-22-35-68-34-21-44-81(95(68)82)83-47-25-46-80(71)96(83)84)60-86(91)100-85-56-53-70(102-89-50-19-15-38-78(89)79-39-16-20-51-90(79)102)61-92(85)104(99-74(66-30-9-3-10-31-66)42-24-43-75(99)67-32-11-4-12-33-67)94-59-63(58-93(103)97(94)100)62-101-87-48-17-13-36-76(87)77-37-14-18-49-88(77)101/h63-99H,1-62H2/t63?,68?,69?,70-,71+,72+,73?,74-,75+,76+,77?,78-,79?,80?,81-,82?,83?,84?,85+,86?,87?,88-,89?,90+,91?,92?,93?,94?,95-,96?,97-,98?,99?/m0/s1. The average molecular weight is 1420 g/mol. The van der Waals surface area contributed by atoms with Gasteiger partial charge in [0.25, 0.3) is 0 Å². The summed E-state index contributed by atoms with van der Waals surface area (Å²) in [6.45, 7) is 2.53. The molecule has 0 radical (unpaired) electrons. The van der Waals surface area contributed by atoms with Crippen LogP contribution in [-0.2, 0) is 0 Å². The highest BCUT2D eigenvalue weighted by Gasteiger charge is 2.70. The molecule has 0 spiro atoms. The van der Waals surface area contributed by atoms with Crippen LogP contribution in [0, 0.1) is 136 Å². The van der Waals surface area contributed by atoms with E-state index in [1.54, 1.807) is 379 Å². The van der Waals surface area contributed by atoms with Crippen molar-refractivity contribution in [3.63, 3.8) is 0 Å². The zero-order chi connectivity index (χ0) is 68.1. The van der Waals surface area contributed by atoms with Gasteiger partial charge in [0.2, 0.25) is 0 Å². The van der Waals surface area contributed by atoms with Gasteiger partial charge in [0.05, 0.1) is 0 Å². The van der Waals surface area contributed by atoms with Crippen molar-refractivity contribution in [2.45, 2.75) is 476 Å². The first-order valence-electron chi connectivity index (χ1n) is 50.7. The molecule has 580 valence electrons. The number of likely N-dealkylation sites (tertiary alicyclic amines) is 2. The highest BCUT2D eigenvalue weighted by molar-refractivity contribution is 6.65. The smallest absolute Gasteiger partial charge is 0.156 e. The number of fused-ring (bicyclic) bond motifs is 12. The van der Waals surface area contributed by atoms with Crippen LogP contribution in [0.25, 0.3) is 0 Å². The normalized spacial score (nSPS) is 53.0. The Kier molecular flexibility index (Phi) is 20.5. The number of rotatable bonds is 10. The van der Waals surface area contributed by atoms with Crippen LogP contribution >= 0.6 is 0 Å². The van der Waals surface area contributed by atoms with Crippen LogP contribution in [0.15, 0.2) is 0 Å². The second-order valence-corrected chi connectivity index (χ2v) is 45.6. The van der Waals surface area contributed by atoms with Crippen molar-refractivity contribution in [2.24, 2.45) is 136 Å². The molecule has 5 heteroatoms. The zero-order valence-corrected chi connectivity index (χ0v) is 67.6. The fourth-order valence-corrected chi connectivity index (χ4v) is 39.9. The summed E-state index contributed by atoms with van der Waals surface area (Å²) in [5.41, 5.74) is 0. The molecule has 18 aliphatic carbocycles. The third-order valence-corrected chi connectivity index (χ3v) is 42.5. The van der Waals surface area contributed by atoms with Gasteiger partial charge < -0.3 is 0 Å². The van der Waals surface area contributed by atoms with E-state index < -0.39 is 0 Å². The predicted octanol–water partition coefficient (Wildman–Crippen LogP) is 25.1.